The molecule has 0 spiro atoms. The van der Waals surface area contributed by atoms with Crippen molar-refractivity contribution in [2.24, 2.45) is 0 Å². The summed E-state index contributed by atoms with van der Waals surface area (Å²) in [6, 6.07) is 12.0. The van der Waals surface area contributed by atoms with Crippen molar-refractivity contribution in [3.8, 4) is 0 Å². The lowest BCUT2D eigenvalue weighted by atomic mass is 10.1. The summed E-state index contributed by atoms with van der Waals surface area (Å²) in [5.74, 6) is 0. The first-order valence-corrected chi connectivity index (χ1v) is 12.2. The van der Waals surface area contributed by atoms with Gasteiger partial charge in [0.05, 0.1) is 0 Å². The molecule has 0 atom stereocenters. The Morgan fingerprint density at radius 1 is 0.633 bits per heavy atom. The SMILES string of the molecule is CCCCCC.CCCCCCC/C=C/CCc1ccccn1.Cc1ccccn1. The number of hydrogen-bond donors (Lipinski definition) is 0. The third-order valence-electron chi connectivity index (χ3n) is 4.70. The number of unbranched alkanes of at least 4 members (excludes halogenated alkanes) is 8. The minimum atomic E-state index is 1.06. The first-order chi connectivity index (χ1) is 14.7. The Morgan fingerprint density at radius 3 is 1.70 bits per heavy atom. The fraction of sp³-hybridized carbons (Fsp3) is 0.571. The van der Waals surface area contributed by atoms with Crippen LogP contribution in [0.25, 0.3) is 0 Å². The Labute approximate surface area is 187 Å². The molecule has 0 aliphatic heterocycles. The summed E-state index contributed by atoms with van der Waals surface area (Å²) in [4.78, 5) is 8.29. The van der Waals surface area contributed by atoms with Gasteiger partial charge in [0.15, 0.2) is 0 Å². The van der Waals surface area contributed by atoms with Crippen molar-refractivity contribution in [1.82, 2.24) is 9.97 Å². The van der Waals surface area contributed by atoms with Crippen LogP contribution < -0.4 is 0 Å². The Kier molecular flexibility index (Phi) is 21.8. The van der Waals surface area contributed by atoms with Gasteiger partial charge in [0.1, 0.15) is 0 Å². The van der Waals surface area contributed by atoms with Gasteiger partial charge in [-0.25, -0.2) is 0 Å². The largest absolute Gasteiger partial charge is 0.262 e. The van der Waals surface area contributed by atoms with E-state index in [2.05, 4.69) is 55.0 Å². The quantitative estimate of drug-likeness (QED) is 0.258. The molecule has 2 nitrogen and oxygen atoms in total. The van der Waals surface area contributed by atoms with Crippen LogP contribution >= 0.6 is 0 Å². The van der Waals surface area contributed by atoms with Gasteiger partial charge in [-0.2, -0.15) is 0 Å². The van der Waals surface area contributed by atoms with Crippen LogP contribution in [0.5, 0.6) is 0 Å². The maximum Gasteiger partial charge on any atom is 0.0406 e. The van der Waals surface area contributed by atoms with Gasteiger partial charge in [-0.1, -0.05) is 96.4 Å². The number of rotatable bonds is 12. The average Bonchev–Trinajstić information content (AvgIpc) is 2.79. The Bertz CT molecular complexity index is 574. The van der Waals surface area contributed by atoms with Crippen molar-refractivity contribution in [1.29, 1.82) is 0 Å². The van der Waals surface area contributed by atoms with E-state index in [0.29, 0.717) is 0 Å². The first-order valence-electron chi connectivity index (χ1n) is 12.2. The van der Waals surface area contributed by atoms with Crippen LogP contribution in [0.2, 0.25) is 0 Å². The summed E-state index contributed by atoms with van der Waals surface area (Å²) in [5, 5.41) is 0. The van der Waals surface area contributed by atoms with Crippen molar-refractivity contribution in [2.75, 3.05) is 0 Å². The summed E-state index contributed by atoms with van der Waals surface area (Å²) in [5.41, 5.74) is 2.27. The normalized spacial score (nSPS) is 10.1. The zero-order chi connectivity index (χ0) is 22.1. The topological polar surface area (TPSA) is 25.8 Å². The molecule has 0 saturated carbocycles. The molecule has 0 unspecified atom stereocenters. The van der Waals surface area contributed by atoms with E-state index in [4.69, 9.17) is 0 Å². The number of nitrogens with zero attached hydrogens (tertiary/aromatic N) is 2. The van der Waals surface area contributed by atoms with Crippen LogP contribution in [-0.4, -0.2) is 9.97 Å². The zero-order valence-electron chi connectivity index (χ0n) is 20.2. The van der Waals surface area contributed by atoms with E-state index in [1.54, 1.807) is 6.20 Å². The van der Waals surface area contributed by atoms with Gasteiger partial charge in [-0.3, -0.25) is 9.97 Å². The van der Waals surface area contributed by atoms with E-state index < -0.39 is 0 Å². The number of hydrogen-bond acceptors (Lipinski definition) is 2. The third-order valence-corrected chi connectivity index (χ3v) is 4.70. The van der Waals surface area contributed by atoms with Crippen LogP contribution in [0.4, 0.5) is 0 Å². The van der Waals surface area contributed by atoms with Gasteiger partial charge in [0.25, 0.3) is 0 Å². The molecule has 0 radical (unpaired) electrons. The smallest absolute Gasteiger partial charge is 0.0406 e. The molecular weight excluding hydrogens is 364 g/mol. The van der Waals surface area contributed by atoms with Crippen LogP contribution in [0.1, 0.15) is 103 Å². The molecule has 2 aromatic rings. The standard InChI is InChI=1S/C16H25N.C6H7N.C6H14/c1-2-3-4-5-6-7-8-9-10-13-16-14-11-12-15-17-16;1-6-4-2-3-5-7-6;1-3-5-6-4-2/h8-9,11-12,14-15H,2-7,10,13H2,1H3;2-5H,1H3;3-6H2,1-2H3/b9-8+;;. The molecule has 2 aromatic heterocycles. The van der Waals surface area contributed by atoms with Crippen molar-refractivity contribution >= 4 is 0 Å². The lowest BCUT2D eigenvalue weighted by molar-refractivity contribution is 0.637. The van der Waals surface area contributed by atoms with Gasteiger partial charge in [-0.05, 0) is 56.9 Å². The number of pyridine rings is 2. The zero-order valence-corrected chi connectivity index (χ0v) is 20.2. The highest BCUT2D eigenvalue weighted by Gasteiger charge is 1.90. The molecule has 2 heteroatoms. The van der Waals surface area contributed by atoms with E-state index in [0.717, 1.165) is 18.5 Å². The molecule has 0 saturated heterocycles. The number of allylic oxidation sites excluding steroid dienone is 2. The maximum absolute atomic E-state index is 4.31. The Hall–Kier alpha value is -1.96. The summed E-state index contributed by atoms with van der Waals surface area (Å²) in [6.07, 6.45) is 24.1. The number of aryl methyl sites for hydroxylation is 2. The van der Waals surface area contributed by atoms with Crippen molar-refractivity contribution in [2.45, 2.75) is 105 Å². The average molecular weight is 411 g/mol. The predicted molar refractivity (Wildman–Crippen MR) is 134 cm³/mol. The lowest BCUT2D eigenvalue weighted by Crippen LogP contribution is -1.86. The van der Waals surface area contributed by atoms with E-state index in [1.165, 1.54) is 69.9 Å². The molecule has 2 heterocycles. The van der Waals surface area contributed by atoms with Crippen molar-refractivity contribution in [3.63, 3.8) is 0 Å². The molecule has 168 valence electrons. The van der Waals surface area contributed by atoms with E-state index in [1.807, 2.05) is 37.4 Å². The third kappa shape index (κ3) is 20.8. The number of aromatic nitrogens is 2. The van der Waals surface area contributed by atoms with Gasteiger partial charge < -0.3 is 0 Å². The van der Waals surface area contributed by atoms with Gasteiger partial charge in [0.2, 0.25) is 0 Å². The highest BCUT2D eigenvalue weighted by molar-refractivity contribution is 5.04. The highest BCUT2D eigenvalue weighted by atomic mass is 14.7. The molecule has 0 N–H and O–H groups in total. The molecule has 0 aliphatic carbocycles. The maximum atomic E-state index is 4.31. The van der Waals surface area contributed by atoms with E-state index in [9.17, 15) is 0 Å². The molecule has 0 aromatic carbocycles. The molecule has 0 aliphatic rings. The summed E-state index contributed by atoms with van der Waals surface area (Å²) < 4.78 is 0. The van der Waals surface area contributed by atoms with Crippen LogP contribution in [0, 0.1) is 6.92 Å². The minimum absolute atomic E-state index is 1.06. The summed E-state index contributed by atoms with van der Waals surface area (Å²) in [6.45, 7) is 8.70. The first kappa shape index (κ1) is 28.0. The minimum Gasteiger partial charge on any atom is -0.262 e. The molecule has 0 bridgehead atoms. The lowest BCUT2D eigenvalue weighted by Gasteiger charge is -1.97. The van der Waals surface area contributed by atoms with Crippen LogP contribution in [0.15, 0.2) is 60.9 Å². The van der Waals surface area contributed by atoms with Crippen molar-refractivity contribution < 1.29 is 0 Å². The molecule has 0 fully saturated rings. The molecule has 30 heavy (non-hydrogen) atoms. The second-order valence-electron chi connectivity index (χ2n) is 7.71. The van der Waals surface area contributed by atoms with Gasteiger partial charge in [-0.15, -0.1) is 0 Å². The fourth-order valence-corrected chi connectivity index (χ4v) is 2.83. The molecular formula is C28H46N2. The van der Waals surface area contributed by atoms with Crippen molar-refractivity contribution in [3.05, 3.63) is 72.3 Å². The van der Waals surface area contributed by atoms with E-state index in [-0.39, 0.29) is 0 Å². The monoisotopic (exact) mass is 410 g/mol. The molecule has 2 rings (SSSR count). The summed E-state index contributed by atoms with van der Waals surface area (Å²) >= 11 is 0. The van der Waals surface area contributed by atoms with E-state index >= 15 is 0 Å². The summed E-state index contributed by atoms with van der Waals surface area (Å²) in [7, 11) is 0. The Morgan fingerprint density at radius 2 is 1.20 bits per heavy atom. The van der Waals surface area contributed by atoms with Gasteiger partial charge >= 0.3 is 0 Å². The van der Waals surface area contributed by atoms with Gasteiger partial charge in [0, 0.05) is 23.8 Å². The highest BCUT2D eigenvalue weighted by Crippen LogP contribution is 2.06. The van der Waals surface area contributed by atoms with Crippen LogP contribution in [-0.2, 0) is 6.42 Å². The predicted octanol–water partition coefficient (Wildman–Crippen LogP) is 8.91. The Balaban J connectivity index is 0.000000528. The fourth-order valence-electron chi connectivity index (χ4n) is 2.83. The second kappa shape index (κ2) is 23.3. The van der Waals surface area contributed by atoms with Crippen LogP contribution in [0.3, 0.4) is 0 Å². The molecule has 0 amide bonds. The second-order valence-corrected chi connectivity index (χ2v) is 7.71.